The number of hydrogen-bond donors (Lipinski definition) is 4. The van der Waals surface area contributed by atoms with Crippen LogP contribution in [0.1, 0.15) is 12.5 Å². The number of rotatable bonds is 5. The predicted octanol–water partition coefficient (Wildman–Crippen LogP) is 1.28. The van der Waals surface area contributed by atoms with Gasteiger partial charge in [0.25, 0.3) is 0 Å². The van der Waals surface area contributed by atoms with Gasteiger partial charge in [-0.05, 0) is 31.2 Å². The van der Waals surface area contributed by atoms with Crippen molar-refractivity contribution in [2.24, 2.45) is 0 Å². The Morgan fingerprint density at radius 3 is 2.91 bits per heavy atom. The Kier molecular flexibility index (Phi) is 6.28. The summed E-state index contributed by atoms with van der Waals surface area (Å²) in [5.41, 5.74) is 12.5. The third-order valence-corrected chi connectivity index (χ3v) is 2.73. The van der Waals surface area contributed by atoms with Crippen LogP contribution in [0.15, 0.2) is 30.5 Å². The molecule has 0 radical (unpaired) electrons. The van der Waals surface area contributed by atoms with Crippen molar-refractivity contribution < 1.29 is 14.7 Å². The Morgan fingerprint density at radius 1 is 1.48 bits per heavy atom. The van der Waals surface area contributed by atoms with E-state index in [9.17, 15) is 9.90 Å². The molecule has 0 aliphatic carbocycles. The lowest BCUT2D eigenvalue weighted by Crippen LogP contribution is -2.19. The minimum atomic E-state index is -0.449. The number of phenols is 1. The number of nitrogens with one attached hydrogen (secondary N) is 1. The van der Waals surface area contributed by atoms with Gasteiger partial charge in [-0.2, -0.15) is 0 Å². The van der Waals surface area contributed by atoms with Gasteiger partial charge in [0, 0.05) is 17.3 Å². The Hall–Kier alpha value is -2.87. The number of aromatic nitrogens is 2. The second-order valence-electron chi connectivity index (χ2n) is 4.38. The van der Waals surface area contributed by atoms with Crippen LogP contribution in [0.25, 0.3) is 6.08 Å². The van der Waals surface area contributed by atoms with E-state index in [1.54, 1.807) is 19.1 Å². The van der Waals surface area contributed by atoms with Gasteiger partial charge in [0.2, 0.25) is 5.91 Å². The first-order valence-electron chi connectivity index (χ1n) is 6.55. The fraction of sp³-hybridized carbons (Fsp3) is 0.143. The van der Waals surface area contributed by atoms with E-state index in [4.69, 9.17) is 16.3 Å². The van der Waals surface area contributed by atoms with Gasteiger partial charge in [0.05, 0.1) is 11.9 Å². The molecule has 0 atom stereocenters. The molecule has 1 heterocycles. The fourth-order valence-corrected chi connectivity index (χ4v) is 1.71. The number of nitrogen functional groups attached to an aromatic ring is 2. The van der Waals surface area contributed by atoms with Crippen molar-refractivity contribution in [1.82, 2.24) is 9.94 Å². The highest BCUT2D eigenvalue weighted by atomic mass is 35.5. The van der Waals surface area contributed by atoms with Crippen LogP contribution in [0, 0.1) is 0 Å². The first kappa shape index (κ1) is 18.2. The van der Waals surface area contributed by atoms with Crippen molar-refractivity contribution in [3.05, 3.63) is 36.0 Å². The maximum absolute atomic E-state index is 11.9. The van der Waals surface area contributed by atoms with Crippen LogP contribution in [-0.2, 0) is 4.79 Å². The molecule has 9 heteroatoms. The number of amides is 1. The summed E-state index contributed by atoms with van der Waals surface area (Å²) in [7, 11) is 0. The average molecular weight is 340 g/mol. The number of anilines is 3. The Morgan fingerprint density at radius 2 is 2.22 bits per heavy atom. The SMILES string of the molecule is CCOn1ncc(N)c1NC(=O)C=Cc1cc(N)ccc1O.Cl. The number of carbonyl (C=O) groups excluding carboxylic acids is 1. The zero-order chi connectivity index (χ0) is 16.1. The molecule has 0 saturated heterocycles. The molecule has 0 spiro atoms. The number of nitrogens with two attached hydrogens (primary N) is 2. The number of nitrogens with zero attached hydrogens (tertiary/aromatic N) is 2. The van der Waals surface area contributed by atoms with Gasteiger partial charge in [-0.25, -0.2) is 0 Å². The van der Waals surface area contributed by atoms with Crippen LogP contribution < -0.4 is 21.6 Å². The topological polar surface area (TPSA) is 128 Å². The van der Waals surface area contributed by atoms with E-state index in [0.717, 1.165) is 4.85 Å². The highest BCUT2D eigenvalue weighted by Crippen LogP contribution is 2.21. The first-order valence-corrected chi connectivity index (χ1v) is 6.55. The largest absolute Gasteiger partial charge is 0.507 e. The van der Waals surface area contributed by atoms with Crippen molar-refractivity contribution in [2.45, 2.75) is 6.92 Å². The molecule has 8 nitrogen and oxygen atoms in total. The quantitative estimate of drug-likeness (QED) is 0.369. The number of benzene rings is 1. The van der Waals surface area contributed by atoms with E-state index in [1.165, 1.54) is 24.4 Å². The maximum atomic E-state index is 11.9. The maximum Gasteiger partial charge on any atom is 0.249 e. The van der Waals surface area contributed by atoms with Crippen LogP contribution in [-0.4, -0.2) is 27.6 Å². The smallest absolute Gasteiger partial charge is 0.249 e. The van der Waals surface area contributed by atoms with E-state index < -0.39 is 5.91 Å². The molecule has 0 bridgehead atoms. The molecule has 0 saturated carbocycles. The second kappa shape index (κ2) is 7.95. The van der Waals surface area contributed by atoms with E-state index in [1.807, 2.05) is 0 Å². The van der Waals surface area contributed by atoms with Gasteiger partial charge in [0.1, 0.15) is 12.4 Å². The molecule has 2 rings (SSSR count). The molecule has 0 fully saturated rings. The molecule has 1 amide bonds. The molecule has 6 N–H and O–H groups in total. The summed E-state index contributed by atoms with van der Waals surface area (Å²) in [5, 5.41) is 16.1. The summed E-state index contributed by atoms with van der Waals surface area (Å²) in [6.07, 6.45) is 4.06. The predicted molar refractivity (Wildman–Crippen MR) is 91.2 cm³/mol. The second-order valence-corrected chi connectivity index (χ2v) is 4.38. The van der Waals surface area contributed by atoms with Crippen LogP contribution >= 0.6 is 12.4 Å². The molecule has 23 heavy (non-hydrogen) atoms. The minimum absolute atomic E-state index is 0. The highest BCUT2D eigenvalue weighted by Gasteiger charge is 2.11. The van der Waals surface area contributed by atoms with E-state index in [2.05, 4.69) is 10.4 Å². The van der Waals surface area contributed by atoms with Gasteiger partial charge in [-0.1, -0.05) is 4.85 Å². The number of aromatic hydroxyl groups is 1. The number of halogens is 1. The average Bonchev–Trinajstić information content (AvgIpc) is 2.82. The molecule has 1 aromatic heterocycles. The van der Waals surface area contributed by atoms with Gasteiger partial charge >= 0.3 is 0 Å². The third kappa shape index (κ3) is 4.55. The lowest BCUT2D eigenvalue weighted by molar-refractivity contribution is -0.112. The number of phenolic OH excluding ortho intramolecular Hbond substituents is 1. The van der Waals surface area contributed by atoms with Crippen molar-refractivity contribution in [2.75, 3.05) is 23.4 Å². The molecule has 0 unspecified atom stereocenters. The van der Waals surface area contributed by atoms with Crippen molar-refractivity contribution >= 4 is 41.6 Å². The van der Waals surface area contributed by atoms with E-state index in [-0.39, 0.29) is 29.7 Å². The van der Waals surface area contributed by atoms with Crippen LogP contribution in [0.5, 0.6) is 5.75 Å². The van der Waals surface area contributed by atoms with E-state index >= 15 is 0 Å². The lowest BCUT2D eigenvalue weighted by atomic mass is 10.1. The van der Waals surface area contributed by atoms with Crippen LogP contribution in [0.3, 0.4) is 0 Å². The van der Waals surface area contributed by atoms with Crippen molar-refractivity contribution in [1.29, 1.82) is 0 Å². The molecule has 0 aliphatic heterocycles. The number of hydrogen-bond acceptors (Lipinski definition) is 6. The summed E-state index contributed by atoms with van der Waals surface area (Å²) >= 11 is 0. The van der Waals surface area contributed by atoms with Gasteiger partial charge < -0.3 is 26.7 Å². The van der Waals surface area contributed by atoms with Crippen LogP contribution in [0.2, 0.25) is 0 Å². The fourth-order valence-electron chi connectivity index (χ4n) is 1.71. The normalized spacial score (nSPS) is 10.3. The molecule has 0 aliphatic rings. The van der Waals surface area contributed by atoms with E-state index in [0.29, 0.717) is 17.9 Å². The zero-order valence-corrected chi connectivity index (χ0v) is 13.2. The van der Waals surface area contributed by atoms with Gasteiger partial charge in [-0.15, -0.1) is 17.5 Å². The lowest BCUT2D eigenvalue weighted by Gasteiger charge is -2.07. The molecular weight excluding hydrogens is 322 g/mol. The summed E-state index contributed by atoms with van der Waals surface area (Å²) in [6.45, 7) is 2.16. The summed E-state index contributed by atoms with van der Waals surface area (Å²) < 4.78 is 0. The molecule has 1 aromatic carbocycles. The minimum Gasteiger partial charge on any atom is -0.507 e. The highest BCUT2D eigenvalue weighted by molar-refractivity contribution is 6.03. The Bertz CT molecular complexity index is 714. The summed E-state index contributed by atoms with van der Waals surface area (Å²) in [6, 6.07) is 4.57. The third-order valence-electron chi connectivity index (χ3n) is 2.73. The number of carbonyl (C=O) groups is 1. The van der Waals surface area contributed by atoms with Crippen LogP contribution in [0.4, 0.5) is 17.2 Å². The van der Waals surface area contributed by atoms with Gasteiger partial charge in [0.15, 0.2) is 5.82 Å². The van der Waals surface area contributed by atoms with Crippen molar-refractivity contribution in [3.8, 4) is 5.75 Å². The zero-order valence-electron chi connectivity index (χ0n) is 12.4. The standard InChI is InChI=1S/C14H17N5O3.ClH/c1-2-22-19-14(11(16)8-17-19)18-13(21)6-3-9-7-10(15)4-5-12(9)20;/h3-8,20H,2,15-16H2,1H3,(H,18,21);1H. The van der Waals surface area contributed by atoms with Crippen molar-refractivity contribution in [3.63, 3.8) is 0 Å². The molecular formula is C14H18ClN5O3. The van der Waals surface area contributed by atoms with Gasteiger partial charge in [-0.3, -0.25) is 4.79 Å². The monoisotopic (exact) mass is 339 g/mol. The Labute approximate surface area is 139 Å². The molecule has 124 valence electrons. The molecule has 2 aromatic rings. The summed E-state index contributed by atoms with van der Waals surface area (Å²) in [4.78, 5) is 18.3. The Balaban J connectivity index is 0.00000264. The first-order chi connectivity index (χ1) is 10.5. The summed E-state index contributed by atoms with van der Waals surface area (Å²) in [5.74, 6) is -0.180.